The Labute approximate surface area is 106 Å². The second-order valence-electron chi connectivity index (χ2n) is 5.61. The zero-order valence-corrected chi connectivity index (χ0v) is 12.0. The molecular formula is C15H26N2. The first-order valence-electron chi connectivity index (χ1n) is 6.77. The number of rotatable bonds is 6. The zero-order valence-electron chi connectivity index (χ0n) is 12.0. The molecule has 0 fully saturated rings. The van der Waals surface area contributed by atoms with Crippen LogP contribution in [-0.4, -0.2) is 9.97 Å². The summed E-state index contributed by atoms with van der Waals surface area (Å²) in [7, 11) is 0. The van der Waals surface area contributed by atoms with Gasteiger partial charge in [0.05, 0.1) is 0 Å². The molecule has 0 aliphatic rings. The number of hydrogen-bond acceptors (Lipinski definition) is 2. The van der Waals surface area contributed by atoms with Crippen molar-refractivity contribution in [3.05, 3.63) is 23.3 Å². The third kappa shape index (κ3) is 3.79. The summed E-state index contributed by atoms with van der Waals surface area (Å²) in [6, 6.07) is 0. The molecule has 0 spiro atoms. The van der Waals surface area contributed by atoms with Crippen molar-refractivity contribution in [2.24, 2.45) is 0 Å². The van der Waals surface area contributed by atoms with Crippen molar-refractivity contribution in [3.63, 3.8) is 0 Å². The van der Waals surface area contributed by atoms with Crippen molar-refractivity contribution in [1.29, 1.82) is 0 Å². The minimum atomic E-state index is 0.198. The van der Waals surface area contributed by atoms with Crippen LogP contribution in [0, 0.1) is 13.8 Å². The smallest absolute Gasteiger partial charge is 0.115 e. The van der Waals surface area contributed by atoms with E-state index in [4.69, 9.17) is 0 Å². The third-order valence-corrected chi connectivity index (χ3v) is 3.56. The van der Waals surface area contributed by atoms with Crippen molar-refractivity contribution in [3.8, 4) is 0 Å². The Morgan fingerprint density at radius 1 is 1.00 bits per heavy atom. The molecule has 2 heteroatoms. The Hall–Kier alpha value is -0.920. The zero-order chi connectivity index (χ0) is 12.9. The van der Waals surface area contributed by atoms with Crippen LogP contribution in [0.1, 0.15) is 69.8 Å². The minimum absolute atomic E-state index is 0.198. The van der Waals surface area contributed by atoms with Crippen LogP contribution in [0.4, 0.5) is 0 Å². The summed E-state index contributed by atoms with van der Waals surface area (Å²) in [6.45, 7) is 11.1. The first-order chi connectivity index (χ1) is 7.99. The fraction of sp³-hybridized carbons (Fsp3) is 0.733. The highest BCUT2D eigenvalue weighted by atomic mass is 14.8. The molecule has 0 atom stereocenters. The van der Waals surface area contributed by atoms with Gasteiger partial charge in [-0.2, -0.15) is 0 Å². The van der Waals surface area contributed by atoms with Crippen molar-refractivity contribution < 1.29 is 0 Å². The summed E-state index contributed by atoms with van der Waals surface area (Å²) in [5.74, 6) is 0. The molecule has 0 aliphatic carbocycles. The van der Waals surface area contributed by atoms with Crippen LogP contribution >= 0.6 is 0 Å². The van der Waals surface area contributed by atoms with Gasteiger partial charge in [-0.05, 0) is 25.7 Å². The number of nitrogens with zero attached hydrogens (tertiary/aromatic N) is 2. The molecule has 0 radical (unpaired) electrons. The van der Waals surface area contributed by atoms with Crippen molar-refractivity contribution in [2.45, 2.75) is 72.1 Å². The van der Waals surface area contributed by atoms with E-state index in [1.807, 2.05) is 0 Å². The first-order valence-corrected chi connectivity index (χ1v) is 6.77. The van der Waals surface area contributed by atoms with Gasteiger partial charge in [-0.25, -0.2) is 9.97 Å². The molecular weight excluding hydrogens is 208 g/mol. The van der Waals surface area contributed by atoms with Crippen LogP contribution in [0.15, 0.2) is 6.33 Å². The molecule has 0 unspecified atom stereocenters. The Bertz CT molecular complexity index is 336. The highest BCUT2D eigenvalue weighted by Crippen LogP contribution is 2.32. The lowest BCUT2D eigenvalue weighted by molar-refractivity contribution is 0.438. The first kappa shape index (κ1) is 14.1. The van der Waals surface area contributed by atoms with Gasteiger partial charge in [0.15, 0.2) is 0 Å². The van der Waals surface area contributed by atoms with Gasteiger partial charge in [0.2, 0.25) is 0 Å². The number of hydrogen-bond donors (Lipinski definition) is 0. The van der Waals surface area contributed by atoms with Crippen LogP contribution in [0.3, 0.4) is 0 Å². The van der Waals surface area contributed by atoms with Gasteiger partial charge in [0, 0.05) is 17.0 Å². The van der Waals surface area contributed by atoms with E-state index in [0.717, 1.165) is 11.4 Å². The second-order valence-corrected chi connectivity index (χ2v) is 5.61. The van der Waals surface area contributed by atoms with Gasteiger partial charge in [0.1, 0.15) is 6.33 Å². The van der Waals surface area contributed by atoms with Gasteiger partial charge in [-0.1, -0.05) is 46.5 Å². The van der Waals surface area contributed by atoms with Crippen LogP contribution in [0.25, 0.3) is 0 Å². The summed E-state index contributed by atoms with van der Waals surface area (Å²) in [5, 5.41) is 0. The van der Waals surface area contributed by atoms with E-state index in [1.165, 1.54) is 37.7 Å². The van der Waals surface area contributed by atoms with E-state index < -0.39 is 0 Å². The Kier molecular flexibility index (Phi) is 5.10. The Morgan fingerprint density at radius 3 is 2.12 bits per heavy atom. The molecule has 2 nitrogen and oxygen atoms in total. The van der Waals surface area contributed by atoms with Gasteiger partial charge < -0.3 is 0 Å². The van der Waals surface area contributed by atoms with E-state index in [0.29, 0.717) is 0 Å². The third-order valence-electron chi connectivity index (χ3n) is 3.56. The minimum Gasteiger partial charge on any atom is -0.241 e. The highest BCUT2D eigenvalue weighted by molar-refractivity contribution is 5.30. The van der Waals surface area contributed by atoms with Gasteiger partial charge >= 0.3 is 0 Å². The lowest BCUT2D eigenvalue weighted by Gasteiger charge is -2.27. The molecule has 0 saturated heterocycles. The molecule has 1 rings (SSSR count). The van der Waals surface area contributed by atoms with Crippen molar-refractivity contribution >= 4 is 0 Å². The average molecular weight is 234 g/mol. The number of unbranched alkanes of at least 4 members (excludes halogenated alkanes) is 3. The highest BCUT2D eigenvalue weighted by Gasteiger charge is 2.25. The maximum absolute atomic E-state index is 4.34. The quantitative estimate of drug-likeness (QED) is 0.684. The van der Waals surface area contributed by atoms with E-state index in [9.17, 15) is 0 Å². The molecule has 1 heterocycles. The van der Waals surface area contributed by atoms with Gasteiger partial charge in [-0.15, -0.1) is 0 Å². The maximum atomic E-state index is 4.34. The number of aryl methyl sites for hydroxylation is 2. The average Bonchev–Trinajstić information content (AvgIpc) is 2.24. The monoisotopic (exact) mass is 234 g/mol. The predicted octanol–water partition coefficient (Wildman–Crippen LogP) is 4.34. The molecule has 0 amide bonds. The fourth-order valence-corrected chi connectivity index (χ4v) is 2.69. The van der Waals surface area contributed by atoms with E-state index in [1.54, 1.807) is 6.33 Å². The van der Waals surface area contributed by atoms with Crippen LogP contribution in [0.2, 0.25) is 0 Å². The molecule has 0 bridgehead atoms. The van der Waals surface area contributed by atoms with Crippen LogP contribution < -0.4 is 0 Å². The molecule has 17 heavy (non-hydrogen) atoms. The lowest BCUT2D eigenvalue weighted by atomic mass is 9.78. The summed E-state index contributed by atoms with van der Waals surface area (Å²) < 4.78 is 0. The fourth-order valence-electron chi connectivity index (χ4n) is 2.69. The van der Waals surface area contributed by atoms with Crippen molar-refractivity contribution in [2.75, 3.05) is 0 Å². The molecule has 0 aliphatic heterocycles. The van der Waals surface area contributed by atoms with Crippen molar-refractivity contribution in [1.82, 2.24) is 9.97 Å². The summed E-state index contributed by atoms with van der Waals surface area (Å²) in [5.41, 5.74) is 3.82. The lowest BCUT2D eigenvalue weighted by Crippen LogP contribution is -2.21. The maximum Gasteiger partial charge on any atom is 0.115 e. The van der Waals surface area contributed by atoms with Gasteiger partial charge in [-0.3, -0.25) is 0 Å². The van der Waals surface area contributed by atoms with E-state index in [2.05, 4.69) is 44.6 Å². The standard InChI is InChI=1S/C15H26N2/c1-6-7-8-9-10-15(4,5)14-12(2)16-11-17-13(14)3/h11H,6-10H2,1-5H3. The van der Waals surface area contributed by atoms with Crippen LogP contribution in [-0.2, 0) is 5.41 Å². The normalized spacial score (nSPS) is 11.8. The SMILES string of the molecule is CCCCCCC(C)(C)c1c(C)ncnc1C. The van der Waals surface area contributed by atoms with E-state index >= 15 is 0 Å². The predicted molar refractivity (Wildman–Crippen MR) is 73.3 cm³/mol. The second kappa shape index (κ2) is 6.13. The number of aromatic nitrogens is 2. The molecule has 96 valence electrons. The molecule has 0 aromatic carbocycles. The van der Waals surface area contributed by atoms with Crippen LogP contribution in [0.5, 0.6) is 0 Å². The van der Waals surface area contributed by atoms with E-state index in [-0.39, 0.29) is 5.41 Å². The summed E-state index contributed by atoms with van der Waals surface area (Å²) in [4.78, 5) is 8.68. The molecule has 0 saturated carbocycles. The summed E-state index contributed by atoms with van der Waals surface area (Å²) in [6.07, 6.45) is 8.18. The largest absolute Gasteiger partial charge is 0.241 e. The van der Waals surface area contributed by atoms with Gasteiger partial charge in [0.25, 0.3) is 0 Å². The molecule has 1 aromatic rings. The molecule has 1 aromatic heterocycles. The Morgan fingerprint density at radius 2 is 1.59 bits per heavy atom. The molecule has 0 N–H and O–H groups in total. The summed E-state index contributed by atoms with van der Waals surface area (Å²) >= 11 is 0. The Balaban J connectivity index is 2.75. The topological polar surface area (TPSA) is 25.8 Å².